The lowest BCUT2D eigenvalue weighted by Crippen LogP contribution is -2.13. The lowest BCUT2D eigenvalue weighted by atomic mass is 10.1. The molecule has 0 saturated heterocycles. The summed E-state index contributed by atoms with van der Waals surface area (Å²) in [5.74, 6) is -1.96. The summed E-state index contributed by atoms with van der Waals surface area (Å²) in [6.07, 6.45) is 1.23. The van der Waals surface area contributed by atoms with Crippen LogP contribution in [0.3, 0.4) is 0 Å². The molecule has 0 unspecified atom stereocenters. The van der Waals surface area contributed by atoms with Gasteiger partial charge in [0.2, 0.25) is 0 Å². The summed E-state index contributed by atoms with van der Waals surface area (Å²) in [6.45, 7) is -1.70. The molecule has 0 fully saturated rings. The fourth-order valence-corrected chi connectivity index (χ4v) is 7.57. The van der Waals surface area contributed by atoms with Gasteiger partial charge in [-0.25, -0.2) is 15.2 Å². The van der Waals surface area contributed by atoms with Crippen molar-refractivity contribution >= 4 is 89.2 Å². The second kappa shape index (κ2) is 21.7. The molecule has 6 rings (SSSR count). The van der Waals surface area contributed by atoms with E-state index in [1.807, 2.05) is 0 Å². The number of aromatic hydroxyl groups is 2. The van der Waals surface area contributed by atoms with Gasteiger partial charge in [0.25, 0.3) is 25.8 Å². The van der Waals surface area contributed by atoms with Gasteiger partial charge in [-0.3, -0.25) is 19.0 Å². The van der Waals surface area contributed by atoms with Crippen LogP contribution in [0.2, 0.25) is 0 Å². The lowest BCUT2D eigenvalue weighted by Gasteiger charge is -2.13. The molecule has 0 spiro atoms. The molecular weight excluding hydrogens is 965 g/mol. The van der Waals surface area contributed by atoms with E-state index < -0.39 is 71.7 Å². The van der Waals surface area contributed by atoms with Gasteiger partial charge in [-0.1, -0.05) is 10.1 Å². The highest BCUT2D eigenvalue weighted by molar-refractivity contribution is 7.95. The Balaban J connectivity index is 1.35. The van der Waals surface area contributed by atoms with Crippen molar-refractivity contribution in [1.82, 2.24) is 9.78 Å². The predicted molar refractivity (Wildman–Crippen MR) is 225 cm³/mol. The molecule has 1 aromatic heterocycles. The third-order valence-corrected chi connectivity index (χ3v) is 11.2. The SMILES string of the molecule is O=c1c(N=Nc2ccc(N=Nc3cc(OCCO)c(N=Nc4c(SOOO)cc5cc(S(=O)(=O)O)cc(O)c5c4O)cc3OCCO)c(S(=O)(=O)O)c2)c[nH]n1-c1ccc(SOOO)cc1. The predicted octanol–water partition coefficient (Wildman–Crippen LogP) is 7.07. The topological polar surface area (TPSA) is 397 Å². The number of aromatic amines is 1. The van der Waals surface area contributed by atoms with Gasteiger partial charge >= 0.3 is 0 Å². The van der Waals surface area contributed by atoms with Crippen molar-refractivity contribution in [3.63, 3.8) is 0 Å². The lowest BCUT2D eigenvalue weighted by molar-refractivity contribution is -0.432. The van der Waals surface area contributed by atoms with E-state index in [0.29, 0.717) is 28.7 Å². The van der Waals surface area contributed by atoms with Crippen molar-refractivity contribution in [3.05, 3.63) is 89.3 Å². The smallest absolute Gasteiger partial charge is 0.298 e. The van der Waals surface area contributed by atoms with Crippen LogP contribution in [0.1, 0.15) is 0 Å². The first kappa shape index (κ1) is 49.0. The summed E-state index contributed by atoms with van der Waals surface area (Å²) in [5, 5.41) is 91.4. The average Bonchev–Trinajstić information content (AvgIpc) is 3.66. The highest BCUT2D eigenvalue weighted by Crippen LogP contribution is 2.49. The van der Waals surface area contributed by atoms with Crippen LogP contribution >= 0.6 is 24.1 Å². The summed E-state index contributed by atoms with van der Waals surface area (Å²) < 4.78 is 89.5. The molecule has 0 bridgehead atoms. The Labute approximate surface area is 377 Å². The highest BCUT2D eigenvalue weighted by atomic mass is 32.2. The Morgan fingerprint density at radius 2 is 1.27 bits per heavy atom. The summed E-state index contributed by atoms with van der Waals surface area (Å²) in [4.78, 5) is 11.8. The minimum atomic E-state index is -5.03. The molecule has 31 heteroatoms. The number of hydrogen-bond acceptors (Lipinski definition) is 25. The van der Waals surface area contributed by atoms with E-state index in [0.717, 1.165) is 41.1 Å². The fraction of sp³-hybridized carbons (Fsp3) is 0.114. The zero-order chi connectivity index (χ0) is 47.6. The number of H-pyrrole nitrogens is 1. The van der Waals surface area contributed by atoms with Gasteiger partial charge in [-0.05, 0) is 60.0 Å². The van der Waals surface area contributed by atoms with Gasteiger partial charge in [-0.2, -0.15) is 21.9 Å². The zero-order valence-electron chi connectivity index (χ0n) is 32.7. The molecule has 0 aliphatic rings. The third kappa shape index (κ3) is 11.9. The van der Waals surface area contributed by atoms with E-state index in [1.54, 1.807) is 24.3 Å². The van der Waals surface area contributed by atoms with Gasteiger partial charge in [0.15, 0.2) is 11.4 Å². The number of azo groups is 3. The monoisotopic (exact) mass is 994 g/mol. The molecule has 0 amide bonds. The molecule has 0 atom stereocenters. The molecule has 0 aliphatic carbocycles. The molecule has 66 heavy (non-hydrogen) atoms. The second-order valence-electron chi connectivity index (χ2n) is 12.5. The normalized spacial score (nSPS) is 12.3. The minimum Gasteiger partial charge on any atom is -0.507 e. The molecule has 5 aromatic carbocycles. The van der Waals surface area contributed by atoms with Crippen LogP contribution in [0.15, 0.2) is 134 Å². The first-order valence-corrected chi connectivity index (χ1v) is 22.1. The number of nitrogens with zero attached hydrogens (tertiary/aromatic N) is 7. The number of phenolic OH excluding ortho intramolecular Hbond substituents is 2. The Hall–Kier alpha value is -6.43. The Bertz CT molecular complexity index is 3110. The fourth-order valence-electron chi connectivity index (χ4n) is 5.54. The summed E-state index contributed by atoms with van der Waals surface area (Å²) in [7, 11) is -9.85. The molecule has 6 aromatic rings. The van der Waals surface area contributed by atoms with Gasteiger partial charge in [0.1, 0.15) is 58.1 Å². The van der Waals surface area contributed by atoms with E-state index in [1.165, 1.54) is 12.3 Å². The van der Waals surface area contributed by atoms with Crippen molar-refractivity contribution in [1.29, 1.82) is 0 Å². The van der Waals surface area contributed by atoms with Crippen LogP contribution < -0.4 is 15.0 Å². The number of fused-ring (bicyclic) bond motifs is 1. The molecule has 1 heterocycles. The van der Waals surface area contributed by atoms with Crippen molar-refractivity contribution in [3.8, 4) is 28.7 Å². The van der Waals surface area contributed by atoms with E-state index in [9.17, 15) is 51.2 Å². The van der Waals surface area contributed by atoms with Gasteiger partial charge < -0.3 is 29.9 Å². The molecule has 0 saturated carbocycles. The van der Waals surface area contributed by atoms with Crippen molar-refractivity contribution in [2.75, 3.05) is 26.4 Å². The van der Waals surface area contributed by atoms with Crippen LogP contribution in [0.25, 0.3) is 16.5 Å². The van der Waals surface area contributed by atoms with Crippen LogP contribution in [0.4, 0.5) is 34.1 Å². The maximum Gasteiger partial charge on any atom is 0.298 e. The number of aliphatic hydroxyl groups excluding tert-OH is 2. The summed E-state index contributed by atoms with van der Waals surface area (Å²) in [6, 6.07) is 14.5. The Kier molecular flexibility index (Phi) is 16.1. The average molecular weight is 995 g/mol. The Morgan fingerprint density at radius 1 is 0.667 bits per heavy atom. The van der Waals surface area contributed by atoms with E-state index >= 15 is 0 Å². The summed E-state index contributed by atoms with van der Waals surface area (Å²) >= 11 is 0.964. The van der Waals surface area contributed by atoms with Gasteiger partial charge in [0.05, 0.1) is 70.0 Å². The van der Waals surface area contributed by atoms with Crippen LogP contribution in [0, 0.1) is 0 Å². The number of nitrogens with one attached hydrogen (secondary N) is 1. The summed E-state index contributed by atoms with van der Waals surface area (Å²) in [5.41, 5.74) is -1.85. The van der Waals surface area contributed by atoms with Crippen LogP contribution in [-0.4, -0.2) is 93.1 Å². The molecule has 27 nitrogen and oxygen atoms in total. The van der Waals surface area contributed by atoms with E-state index in [4.69, 9.17) is 20.0 Å². The number of aliphatic hydroxyl groups is 2. The number of ether oxygens (including phenoxy) is 2. The molecule has 348 valence electrons. The van der Waals surface area contributed by atoms with Crippen LogP contribution in [0.5, 0.6) is 23.0 Å². The third-order valence-electron chi connectivity index (χ3n) is 8.32. The quantitative estimate of drug-likeness (QED) is 0.0114. The number of rotatable bonds is 21. The number of benzene rings is 5. The highest BCUT2D eigenvalue weighted by Gasteiger charge is 2.23. The Morgan fingerprint density at radius 3 is 1.88 bits per heavy atom. The molecular formula is C35H30N8O19S4. The minimum absolute atomic E-state index is 0.143. The van der Waals surface area contributed by atoms with Crippen molar-refractivity contribution in [2.24, 2.45) is 30.7 Å². The zero-order valence-corrected chi connectivity index (χ0v) is 35.9. The molecule has 9 N–H and O–H groups in total. The maximum absolute atomic E-state index is 13.0. The number of hydrogen-bond donors (Lipinski definition) is 9. The number of aromatic nitrogens is 2. The number of phenols is 2. The van der Waals surface area contributed by atoms with E-state index in [-0.39, 0.29) is 75.2 Å². The first-order valence-electron chi connectivity index (χ1n) is 17.8. The largest absolute Gasteiger partial charge is 0.507 e. The van der Waals surface area contributed by atoms with Crippen molar-refractivity contribution in [2.45, 2.75) is 19.6 Å². The second-order valence-corrected chi connectivity index (χ2v) is 16.8. The standard InChI is InChI=1S/C35H30N8O19S4/c44-7-9-57-28-16-25(40-42-33-30(64-62-60-50)12-18-11-22(65(51,52)53)14-27(46)32(18)34(33)47)29(58-10-8-45)15-24(28)39-38-23-6-1-19(13-31(23)66(54,55)56)37-41-26-17-36-43(35(26)48)20-2-4-21(5-3-20)63-61-59-49/h1-6,11-17,36,44-47,49-50H,7-10H2,(H,51,52,53)(H,54,55,56). The van der Waals surface area contributed by atoms with Gasteiger partial charge in [0, 0.05) is 23.1 Å². The molecule has 0 aliphatic heterocycles. The first-order chi connectivity index (χ1) is 31.6. The molecule has 0 radical (unpaired) electrons. The van der Waals surface area contributed by atoms with Crippen molar-refractivity contribution < 1.29 is 85.1 Å². The maximum atomic E-state index is 13.0. The van der Waals surface area contributed by atoms with Crippen LogP contribution in [-0.2, 0) is 39.0 Å². The van der Waals surface area contributed by atoms with E-state index in [2.05, 4.69) is 54.5 Å². The van der Waals surface area contributed by atoms with Gasteiger partial charge in [-0.15, -0.1) is 34.2 Å².